The average molecular weight is 677 g/mol. The molecule has 0 radical (unpaired) electrons. The molecule has 3 aliphatic rings. The fourth-order valence-corrected chi connectivity index (χ4v) is 7.68. The molecule has 1 aromatic carbocycles. The molecule has 1 saturated heterocycles. The molecular formula is C36H44N4O7S. The number of rotatable bonds is 7. The van der Waals surface area contributed by atoms with Crippen LogP contribution in [0.3, 0.4) is 0 Å². The van der Waals surface area contributed by atoms with Crippen molar-refractivity contribution in [2.45, 2.75) is 82.6 Å². The second-order valence-electron chi connectivity index (χ2n) is 13.2. The number of methoxy groups -OCH3 is 2. The van der Waals surface area contributed by atoms with E-state index in [1.54, 1.807) is 7.11 Å². The van der Waals surface area contributed by atoms with Crippen molar-refractivity contribution < 1.29 is 33.3 Å². The Morgan fingerprint density at radius 2 is 2.02 bits per heavy atom. The van der Waals surface area contributed by atoms with Gasteiger partial charge in [-0.15, -0.1) is 11.3 Å². The van der Waals surface area contributed by atoms with Crippen LogP contribution in [0.5, 0.6) is 11.5 Å². The van der Waals surface area contributed by atoms with Crippen molar-refractivity contribution in [3.05, 3.63) is 47.0 Å². The monoisotopic (exact) mass is 676 g/mol. The van der Waals surface area contributed by atoms with Gasteiger partial charge in [-0.1, -0.05) is 26.0 Å². The van der Waals surface area contributed by atoms with Crippen LogP contribution in [-0.2, 0) is 23.9 Å². The summed E-state index contributed by atoms with van der Waals surface area (Å²) in [6.07, 6.45) is 7.08. The molecule has 1 amide bonds. The molecule has 5 unspecified atom stereocenters. The molecule has 2 aromatic heterocycles. The molecule has 0 bridgehead atoms. The zero-order valence-electron chi connectivity index (χ0n) is 28.2. The van der Waals surface area contributed by atoms with E-state index in [2.05, 4.69) is 24.5 Å². The molecule has 1 saturated carbocycles. The zero-order valence-corrected chi connectivity index (χ0v) is 29.0. The van der Waals surface area contributed by atoms with Crippen LogP contribution in [0.15, 0.2) is 35.7 Å². The molecule has 5 atom stereocenters. The summed E-state index contributed by atoms with van der Waals surface area (Å²) < 4.78 is 23.5. The Morgan fingerprint density at radius 3 is 2.75 bits per heavy atom. The first-order valence-electron chi connectivity index (χ1n) is 16.7. The number of hydrogen-bond donors (Lipinski definition) is 1. The first-order valence-corrected chi connectivity index (χ1v) is 17.5. The molecule has 3 aromatic rings. The predicted molar refractivity (Wildman–Crippen MR) is 182 cm³/mol. The molecule has 6 rings (SSSR count). The second-order valence-corrected chi connectivity index (χ2v) is 14.1. The van der Waals surface area contributed by atoms with Crippen LogP contribution in [0.1, 0.15) is 63.1 Å². The number of aromatic nitrogens is 2. The van der Waals surface area contributed by atoms with E-state index in [9.17, 15) is 14.4 Å². The molecule has 2 aliphatic heterocycles. The minimum absolute atomic E-state index is 0.135. The lowest BCUT2D eigenvalue weighted by atomic mass is 10.1. The topological polar surface area (TPSA) is 129 Å². The highest BCUT2D eigenvalue weighted by Crippen LogP contribution is 2.46. The Bertz CT molecular complexity index is 1710. The Labute approximate surface area is 285 Å². The molecule has 48 heavy (non-hydrogen) atoms. The van der Waals surface area contributed by atoms with Gasteiger partial charge in [0.25, 0.3) is 0 Å². The van der Waals surface area contributed by atoms with Gasteiger partial charge >= 0.3 is 5.97 Å². The van der Waals surface area contributed by atoms with E-state index < -0.39 is 29.8 Å². The largest absolute Gasteiger partial charge is 0.496 e. The summed E-state index contributed by atoms with van der Waals surface area (Å²) in [6, 6.07) is 5.10. The summed E-state index contributed by atoms with van der Waals surface area (Å²) in [5.74, 6) is 0.733. The van der Waals surface area contributed by atoms with E-state index in [1.165, 1.54) is 18.4 Å². The van der Waals surface area contributed by atoms with Crippen LogP contribution in [0, 0.1) is 12.8 Å². The normalized spacial score (nSPS) is 26.6. The number of amides is 1. The number of aryl methyl sites for hydroxylation is 1. The van der Waals surface area contributed by atoms with Crippen molar-refractivity contribution in [1.29, 1.82) is 0 Å². The Hall–Kier alpha value is -3.87. The van der Waals surface area contributed by atoms with Crippen molar-refractivity contribution in [2.24, 2.45) is 5.92 Å². The lowest BCUT2D eigenvalue weighted by Gasteiger charge is -2.27. The zero-order chi connectivity index (χ0) is 34.0. The number of benzene rings is 1. The molecule has 4 heterocycles. The lowest BCUT2D eigenvalue weighted by Crippen LogP contribution is -2.53. The second kappa shape index (κ2) is 14.3. The molecule has 2 fully saturated rings. The number of allylic oxidation sites excluding steroid dienone is 1. The molecule has 1 aliphatic carbocycles. The number of hydrogen-bond acceptors (Lipinski definition) is 11. The van der Waals surface area contributed by atoms with E-state index in [0.717, 1.165) is 58.5 Å². The maximum atomic E-state index is 14.0. The van der Waals surface area contributed by atoms with Crippen molar-refractivity contribution in [3.8, 4) is 22.2 Å². The quantitative estimate of drug-likeness (QED) is 0.208. The van der Waals surface area contributed by atoms with E-state index >= 15 is 0 Å². The molecule has 11 nitrogen and oxygen atoms in total. The van der Waals surface area contributed by atoms with Crippen LogP contribution in [0.25, 0.3) is 21.6 Å². The SMILES string of the molecule is COC(=O)C12CC1C=CCCCCOC(C=O)CN1CC(Oc3cc(-c4nc(C(C)C)cs4)nc4c(C)c(OC)ccc34)CC1C(=O)N2. The standard InChI is InChI=1S/C36H44N4O7S/c1-21(2)28-20-48-34(38-28)27-15-31(26-11-12-30(44-4)22(3)32(26)37-27)47-24-14-29-33(42)39-36(35(43)45-5)16-23(36)10-8-6-7-9-13-46-25(19-41)18-40(29)17-24/h8,10-12,15,19-21,23-25,29H,6-7,9,13-14,16-18H2,1-5H3,(H,39,42). The molecule has 1 N–H and O–H groups in total. The first-order chi connectivity index (χ1) is 23.2. The van der Waals surface area contributed by atoms with Gasteiger partial charge in [0.1, 0.15) is 46.2 Å². The van der Waals surface area contributed by atoms with Crippen LogP contribution < -0.4 is 14.8 Å². The van der Waals surface area contributed by atoms with E-state index in [4.69, 9.17) is 28.9 Å². The van der Waals surface area contributed by atoms with Crippen molar-refractivity contribution in [2.75, 3.05) is 33.9 Å². The summed E-state index contributed by atoms with van der Waals surface area (Å²) in [4.78, 5) is 50.9. The Morgan fingerprint density at radius 1 is 1.19 bits per heavy atom. The van der Waals surface area contributed by atoms with E-state index in [-0.39, 0.29) is 24.3 Å². The van der Waals surface area contributed by atoms with Crippen LogP contribution in [0.4, 0.5) is 0 Å². The summed E-state index contributed by atoms with van der Waals surface area (Å²) in [5.41, 5.74) is 2.23. The smallest absolute Gasteiger partial charge is 0.332 e. The third-order valence-corrected chi connectivity index (χ3v) is 10.5. The lowest BCUT2D eigenvalue weighted by molar-refractivity contribution is -0.147. The number of aldehydes is 1. The van der Waals surface area contributed by atoms with Gasteiger partial charge in [-0.3, -0.25) is 9.69 Å². The number of carbonyl (C=O) groups is 3. The number of thiazole rings is 1. The molecule has 12 heteroatoms. The number of nitrogens with one attached hydrogen (secondary N) is 1. The minimum atomic E-state index is -1.09. The Kier molecular flexibility index (Phi) is 10.1. The van der Waals surface area contributed by atoms with Gasteiger partial charge in [-0.25, -0.2) is 14.8 Å². The molecule has 0 spiro atoms. The van der Waals surface area contributed by atoms with Crippen molar-refractivity contribution in [3.63, 3.8) is 0 Å². The van der Waals surface area contributed by atoms with Gasteiger partial charge in [-0.05, 0) is 50.7 Å². The maximum absolute atomic E-state index is 14.0. The number of carbonyl (C=O) groups excluding carboxylic acids is 3. The highest BCUT2D eigenvalue weighted by Gasteiger charge is 2.62. The summed E-state index contributed by atoms with van der Waals surface area (Å²) in [6.45, 7) is 7.24. The number of fused-ring (bicyclic) bond motifs is 3. The van der Waals surface area contributed by atoms with Crippen LogP contribution in [-0.4, -0.2) is 90.7 Å². The van der Waals surface area contributed by atoms with Crippen molar-refractivity contribution >= 4 is 40.4 Å². The fourth-order valence-electron chi connectivity index (χ4n) is 6.74. The highest BCUT2D eigenvalue weighted by atomic mass is 32.1. The van der Waals surface area contributed by atoms with Gasteiger partial charge in [0.2, 0.25) is 5.91 Å². The summed E-state index contributed by atoms with van der Waals surface area (Å²) in [7, 11) is 2.98. The molecule has 256 valence electrons. The highest BCUT2D eigenvalue weighted by molar-refractivity contribution is 7.13. The van der Waals surface area contributed by atoms with Gasteiger partial charge in [-0.2, -0.15) is 0 Å². The average Bonchev–Trinajstić information content (AvgIpc) is 3.37. The van der Waals surface area contributed by atoms with Gasteiger partial charge in [0, 0.05) is 54.4 Å². The number of ether oxygens (including phenoxy) is 4. The number of nitrogens with zero attached hydrogens (tertiary/aromatic N) is 3. The first kappa shape index (κ1) is 34.0. The van der Waals surface area contributed by atoms with Crippen LogP contribution in [0.2, 0.25) is 0 Å². The maximum Gasteiger partial charge on any atom is 0.332 e. The Balaban J connectivity index is 1.33. The minimum Gasteiger partial charge on any atom is -0.496 e. The molecular weight excluding hydrogens is 632 g/mol. The third-order valence-electron chi connectivity index (χ3n) is 9.60. The summed E-state index contributed by atoms with van der Waals surface area (Å²) in [5, 5.41) is 6.71. The fraction of sp³-hybridized carbons (Fsp3) is 0.528. The third kappa shape index (κ3) is 6.83. The predicted octanol–water partition coefficient (Wildman–Crippen LogP) is 4.99. The van der Waals surface area contributed by atoms with E-state index in [1.807, 2.05) is 42.2 Å². The number of esters is 1. The summed E-state index contributed by atoms with van der Waals surface area (Å²) >= 11 is 1.54. The van der Waals surface area contributed by atoms with E-state index in [0.29, 0.717) is 37.4 Å². The van der Waals surface area contributed by atoms with Gasteiger partial charge in [0.05, 0.1) is 31.5 Å². The van der Waals surface area contributed by atoms with Gasteiger partial charge in [0.15, 0.2) is 0 Å². The number of pyridine rings is 1. The van der Waals surface area contributed by atoms with Crippen LogP contribution >= 0.6 is 11.3 Å². The van der Waals surface area contributed by atoms with Crippen molar-refractivity contribution in [1.82, 2.24) is 20.2 Å². The van der Waals surface area contributed by atoms with Gasteiger partial charge < -0.3 is 29.1 Å².